The molecule has 10 rings (SSSR count). The molecular formula is C29H25FN6O5. The molecule has 6 aliphatic carbocycles. The van der Waals surface area contributed by atoms with Crippen LogP contribution < -0.4 is 16.4 Å². The first-order valence-corrected chi connectivity index (χ1v) is 14.0. The van der Waals surface area contributed by atoms with Gasteiger partial charge in [-0.25, -0.2) is 18.7 Å². The van der Waals surface area contributed by atoms with Gasteiger partial charge >= 0.3 is 5.76 Å². The third kappa shape index (κ3) is 2.29. The SMILES string of the molecule is CCC(=O)C12C3C4C1C1C2C3C41CNC(=O)c1cc(C(=O)NCc2ccc3oc(=O)n(C)c3c2)nc2c(F)cnn12. The van der Waals surface area contributed by atoms with Gasteiger partial charge in [0.15, 0.2) is 17.0 Å². The van der Waals surface area contributed by atoms with Gasteiger partial charge in [0.2, 0.25) is 0 Å². The molecule has 2 amide bonds. The fourth-order valence-corrected chi connectivity index (χ4v) is 10.1. The molecule has 6 fully saturated rings. The first-order valence-electron chi connectivity index (χ1n) is 14.0. The van der Waals surface area contributed by atoms with Crippen LogP contribution in [0.3, 0.4) is 0 Å². The Kier molecular flexibility index (Phi) is 4.05. The van der Waals surface area contributed by atoms with Crippen molar-refractivity contribution in [1.82, 2.24) is 29.8 Å². The maximum Gasteiger partial charge on any atom is 0.419 e. The molecular weight excluding hydrogens is 531 g/mol. The molecule has 4 aromatic rings. The van der Waals surface area contributed by atoms with Gasteiger partial charge in [-0.3, -0.25) is 19.0 Å². The van der Waals surface area contributed by atoms with Crippen LogP contribution in [0.2, 0.25) is 0 Å². The van der Waals surface area contributed by atoms with E-state index < -0.39 is 23.4 Å². The number of oxazole rings is 1. The highest BCUT2D eigenvalue weighted by molar-refractivity contribution is 5.98. The van der Waals surface area contributed by atoms with Gasteiger partial charge in [-0.2, -0.15) is 5.10 Å². The van der Waals surface area contributed by atoms with E-state index in [0.717, 1.165) is 10.7 Å². The maximum atomic E-state index is 14.5. The van der Waals surface area contributed by atoms with Crippen LogP contribution in [-0.4, -0.2) is 43.3 Å². The number of rotatable bonds is 8. The van der Waals surface area contributed by atoms with E-state index in [1.165, 1.54) is 10.6 Å². The van der Waals surface area contributed by atoms with Gasteiger partial charge in [-0.1, -0.05) is 13.0 Å². The predicted octanol–water partition coefficient (Wildman–Crippen LogP) is 1.69. The normalized spacial score (nSPS) is 34.1. The lowest BCUT2D eigenvalue weighted by atomic mass is 8.92. The molecule has 41 heavy (non-hydrogen) atoms. The van der Waals surface area contributed by atoms with Crippen molar-refractivity contribution in [2.75, 3.05) is 6.54 Å². The maximum absolute atomic E-state index is 14.5. The second-order valence-electron chi connectivity index (χ2n) is 12.3. The van der Waals surface area contributed by atoms with E-state index in [1.54, 1.807) is 25.2 Å². The van der Waals surface area contributed by atoms with E-state index >= 15 is 0 Å². The lowest BCUT2D eigenvalue weighted by Gasteiger charge is -3.11. The third-order valence-corrected chi connectivity index (χ3v) is 11.4. The molecule has 0 bridgehead atoms. The summed E-state index contributed by atoms with van der Waals surface area (Å²) >= 11 is 0. The standard InChI is InChI=1S/C29H25FN6O5/c1-3-17(37)29-21-18-22(29)20-23(29)19(21)28(18,20)10-32-26(39)15-7-13(34-24-12(30)9-33-36(15)24)25(38)31-8-11-4-5-16-14(6-11)35(2)27(40)41-16/h4-7,9,18-23H,3,8,10H2,1-2H3,(H,31,38)(H,32,39). The Hall–Kier alpha value is -4.35. The number of aryl methyl sites for hydroxylation is 1. The molecule has 0 aliphatic heterocycles. The zero-order valence-corrected chi connectivity index (χ0v) is 22.2. The van der Waals surface area contributed by atoms with Crippen LogP contribution in [0.15, 0.2) is 39.7 Å². The van der Waals surface area contributed by atoms with Crippen LogP contribution in [0, 0.1) is 52.2 Å². The van der Waals surface area contributed by atoms with Gasteiger partial charge in [0.1, 0.15) is 17.2 Å². The van der Waals surface area contributed by atoms with E-state index in [2.05, 4.69) is 20.7 Å². The molecule has 6 saturated carbocycles. The van der Waals surface area contributed by atoms with Crippen molar-refractivity contribution in [2.24, 2.45) is 53.4 Å². The summed E-state index contributed by atoms with van der Waals surface area (Å²) in [7, 11) is 1.59. The highest BCUT2D eigenvalue weighted by Gasteiger charge is 3.10. The van der Waals surface area contributed by atoms with E-state index in [9.17, 15) is 23.6 Å². The van der Waals surface area contributed by atoms with Gasteiger partial charge in [0.25, 0.3) is 11.8 Å². The Balaban J connectivity index is 0.930. The molecule has 11 nitrogen and oxygen atoms in total. The van der Waals surface area contributed by atoms with Crippen LogP contribution >= 0.6 is 0 Å². The molecule has 2 N–H and O–H groups in total. The average Bonchev–Trinajstić information content (AvgIpc) is 3.51. The highest BCUT2D eigenvalue weighted by Crippen LogP contribution is 3.10. The number of halogens is 1. The number of benzene rings is 1. The number of amides is 2. The molecule has 0 spiro atoms. The summed E-state index contributed by atoms with van der Waals surface area (Å²) in [5, 5.41) is 9.76. The van der Waals surface area contributed by atoms with Crippen LogP contribution in [0.1, 0.15) is 39.9 Å². The van der Waals surface area contributed by atoms with Gasteiger partial charge in [-0.15, -0.1) is 0 Å². The Labute approximate surface area is 231 Å². The van der Waals surface area contributed by atoms with E-state index in [-0.39, 0.29) is 34.4 Å². The summed E-state index contributed by atoms with van der Waals surface area (Å²) in [4.78, 5) is 54.9. The Morgan fingerprint density at radius 2 is 1.78 bits per heavy atom. The zero-order chi connectivity index (χ0) is 28.2. The first kappa shape index (κ1) is 23.4. The number of nitrogens with one attached hydrogen (secondary N) is 2. The summed E-state index contributed by atoms with van der Waals surface area (Å²) in [6.07, 6.45) is 1.57. The topological polar surface area (TPSA) is 141 Å². The molecule has 6 aliphatic rings. The molecule has 0 atom stereocenters. The fraction of sp³-hybridized carbons (Fsp3) is 0.448. The molecule has 0 saturated heterocycles. The number of hydrogen-bond acceptors (Lipinski definition) is 7. The van der Waals surface area contributed by atoms with Gasteiger partial charge in [0.05, 0.1) is 11.7 Å². The molecule has 0 unspecified atom stereocenters. The Morgan fingerprint density at radius 3 is 2.49 bits per heavy atom. The summed E-state index contributed by atoms with van der Waals surface area (Å²) < 4.78 is 22.2. The van der Waals surface area contributed by atoms with Crippen molar-refractivity contribution in [3.05, 3.63) is 63.8 Å². The quantitative estimate of drug-likeness (QED) is 0.337. The lowest BCUT2D eigenvalue weighted by molar-refractivity contribution is -0.638. The van der Waals surface area contributed by atoms with E-state index in [0.29, 0.717) is 70.9 Å². The predicted molar refractivity (Wildman–Crippen MR) is 139 cm³/mol. The van der Waals surface area contributed by atoms with Crippen molar-refractivity contribution in [1.29, 1.82) is 0 Å². The fourth-order valence-electron chi connectivity index (χ4n) is 10.1. The van der Waals surface area contributed by atoms with Crippen LogP contribution in [0.4, 0.5) is 4.39 Å². The minimum absolute atomic E-state index is 0.0203. The molecule has 208 valence electrons. The largest absolute Gasteiger partial charge is 0.419 e. The second kappa shape index (κ2) is 7.10. The molecule has 1 aromatic carbocycles. The summed E-state index contributed by atoms with van der Waals surface area (Å²) in [5.41, 5.74) is 1.52. The van der Waals surface area contributed by atoms with Crippen molar-refractivity contribution < 1.29 is 23.2 Å². The number of nitrogens with zero attached hydrogens (tertiary/aromatic N) is 4. The minimum Gasteiger partial charge on any atom is -0.408 e. The second-order valence-corrected chi connectivity index (χ2v) is 12.3. The van der Waals surface area contributed by atoms with Crippen LogP contribution in [-0.2, 0) is 18.4 Å². The molecule has 0 radical (unpaired) electrons. The smallest absolute Gasteiger partial charge is 0.408 e. The monoisotopic (exact) mass is 556 g/mol. The number of aromatic nitrogens is 4. The Morgan fingerprint density at radius 1 is 1.05 bits per heavy atom. The van der Waals surface area contributed by atoms with Crippen molar-refractivity contribution in [2.45, 2.75) is 19.9 Å². The first-order chi connectivity index (χ1) is 19.7. The van der Waals surface area contributed by atoms with Crippen molar-refractivity contribution >= 4 is 34.3 Å². The van der Waals surface area contributed by atoms with Crippen molar-refractivity contribution in [3.8, 4) is 0 Å². The van der Waals surface area contributed by atoms with Crippen molar-refractivity contribution in [3.63, 3.8) is 0 Å². The lowest BCUT2D eigenvalue weighted by Crippen LogP contribution is -3.11. The number of ketones is 1. The molecule has 12 heteroatoms. The van der Waals surface area contributed by atoms with Crippen LogP contribution in [0.5, 0.6) is 0 Å². The minimum atomic E-state index is -0.743. The van der Waals surface area contributed by atoms with Crippen LogP contribution in [0.25, 0.3) is 16.7 Å². The number of carbonyl (C=O) groups excluding carboxylic acids is 3. The summed E-state index contributed by atoms with van der Waals surface area (Å²) in [6.45, 7) is 2.58. The van der Waals surface area contributed by atoms with E-state index in [4.69, 9.17) is 4.42 Å². The number of carbonyl (C=O) groups is 3. The number of hydrogen-bond donors (Lipinski definition) is 2. The number of Topliss-reactive ketones (excluding diaryl/α,β-unsaturated/α-hetero) is 1. The van der Waals surface area contributed by atoms with E-state index in [1.807, 2.05) is 6.92 Å². The highest BCUT2D eigenvalue weighted by atomic mass is 19.1. The molecule has 3 heterocycles. The van der Waals surface area contributed by atoms with Gasteiger partial charge < -0.3 is 15.1 Å². The zero-order valence-electron chi connectivity index (χ0n) is 22.2. The third-order valence-electron chi connectivity index (χ3n) is 11.4. The number of fused-ring (bicyclic) bond motifs is 2. The van der Waals surface area contributed by atoms with Gasteiger partial charge in [0, 0.05) is 38.0 Å². The summed E-state index contributed by atoms with van der Waals surface area (Å²) in [6, 6.07) is 6.43. The molecule has 3 aromatic heterocycles. The van der Waals surface area contributed by atoms with Gasteiger partial charge in [-0.05, 0) is 58.6 Å². The summed E-state index contributed by atoms with van der Waals surface area (Å²) in [5.74, 6) is 1.28. The average molecular weight is 557 g/mol. The Bertz CT molecular complexity index is 1920.